The summed E-state index contributed by atoms with van der Waals surface area (Å²) in [5.41, 5.74) is 0. The van der Waals surface area contributed by atoms with Crippen LogP contribution < -0.4 is 0 Å². The number of aliphatic carboxylic acids is 1. The van der Waals surface area contributed by atoms with Gasteiger partial charge in [-0.05, 0) is 37.8 Å². The molecule has 0 aliphatic heterocycles. The molecule has 90 valence electrons. The number of carboxylic acid groups (broad SMARTS) is 1. The van der Waals surface area contributed by atoms with E-state index in [4.69, 9.17) is 5.11 Å². The predicted octanol–water partition coefficient (Wildman–Crippen LogP) is 2.47. The molecule has 15 heavy (non-hydrogen) atoms. The molecule has 0 rings (SSSR count). The van der Waals surface area contributed by atoms with Crippen LogP contribution in [0.15, 0.2) is 0 Å². The van der Waals surface area contributed by atoms with E-state index in [0.29, 0.717) is 11.8 Å². The van der Waals surface area contributed by atoms with Gasteiger partial charge in [0.15, 0.2) is 0 Å². The second-order valence-electron chi connectivity index (χ2n) is 5.03. The number of rotatable bonds is 8. The molecule has 0 radical (unpaired) electrons. The van der Waals surface area contributed by atoms with Crippen molar-refractivity contribution in [1.29, 1.82) is 0 Å². The van der Waals surface area contributed by atoms with E-state index in [1.807, 2.05) is 4.90 Å². The van der Waals surface area contributed by atoms with Crippen LogP contribution in [0.1, 0.15) is 40.5 Å². The highest BCUT2D eigenvalue weighted by atomic mass is 16.4. The molecule has 0 heterocycles. The Bertz CT molecular complexity index is 166. The van der Waals surface area contributed by atoms with Crippen molar-refractivity contribution >= 4 is 5.97 Å². The first-order valence-corrected chi connectivity index (χ1v) is 5.86. The zero-order valence-corrected chi connectivity index (χ0v) is 10.5. The van der Waals surface area contributed by atoms with Crippen LogP contribution in [0, 0.1) is 11.8 Å². The summed E-state index contributed by atoms with van der Waals surface area (Å²) < 4.78 is 0. The Hall–Kier alpha value is -0.570. The van der Waals surface area contributed by atoms with Crippen molar-refractivity contribution in [3.8, 4) is 0 Å². The van der Waals surface area contributed by atoms with E-state index in [2.05, 4.69) is 27.7 Å². The van der Waals surface area contributed by atoms with Crippen molar-refractivity contribution in [2.45, 2.75) is 40.5 Å². The lowest BCUT2D eigenvalue weighted by molar-refractivity contribution is -0.138. The molecule has 1 N–H and O–H groups in total. The molecule has 0 aliphatic rings. The molecular weight excluding hydrogens is 190 g/mol. The summed E-state index contributed by atoms with van der Waals surface area (Å²) in [6.07, 6.45) is 2.15. The van der Waals surface area contributed by atoms with Gasteiger partial charge >= 0.3 is 5.97 Å². The zero-order valence-electron chi connectivity index (χ0n) is 10.5. The van der Waals surface area contributed by atoms with Crippen molar-refractivity contribution in [2.75, 3.05) is 19.6 Å². The molecule has 0 unspecified atom stereocenters. The van der Waals surface area contributed by atoms with Gasteiger partial charge in [0.1, 0.15) is 0 Å². The van der Waals surface area contributed by atoms with E-state index < -0.39 is 5.97 Å². The molecule has 0 amide bonds. The van der Waals surface area contributed by atoms with Gasteiger partial charge in [0.2, 0.25) is 0 Å². The second-order valence-corrected chi connectivity index (χ2v) is 5.03. The van der Waals surface area contributed by atoms with Crippen molar-refractivity contribution in [3.05, 3.63) is 0 Å². The van der Waals surface area contributed by atoms with E-state index in [0.717, 1.165) is 25.9 Å². The van der Waals surface area contributed by atoms with Gasteiger partial charge in [0.25, 0.3) is 0 Å². The highest BCUT2D eigenvalue weighted by molar-refractivity contribution is 5.69. The molecule has 3 heteroatoms. The minimum Gasteiger partial charge on any atom is -0.480 e. The summed E-state index contributed by atoms with van der Waals surface area (Å²) in [5.74, 6) is 0.559. The summed E-state index contributed by atoms with van der Waals surface area (Å²) in [5, 5.41) is 8.77. The number of nitrogens with zero attached hydrogens (tertiary/aromatic N) is 1. The number of hydrogen-bond acceptors (Lipinski definition) is 2. The Morgan fingerprint density at radius 2 is 1.47 bits per heavy atom. The van der Waals surface area contributed by atoms with Crippen LogP contribution >= 0.6 is 0 Å². The first-order chi connectivity index (χ1) is 6.91. The fraction of sp³-hybridized carbons (Fsp3) is 0.917. The Morgan fingerprint density at radius 3 is 1.73 bits per heavy atom. The third-order valence-electron chi connectivity index (χ3n) is 2.40. The van der Waals surface area contributed by atoms with Gasteiger partial charge in [-0.25, -0.2) is 0 Å². The van der Waals surface area contributed by atoms with Crippen LogP contribution in [0.5, 0.6) is 0 Å². The monoisotopic (exact) mass is 215 g/mol. The topological polar surface area (TPSA) is 40.5 Å². The summed E-state index contributed by atoms with van der Waals surface area (Å²) in [7, 11) is 0. The summed E-state index contributed by atoms with van der Waals surface area (Å²) in [4.78, 5) is 12.7. The Morgan fingerprint density at radius 1 is 1.07 bits per heavy atom. The highest BCUT2D eigenvalue weighted by Gasteiger charge is 2.10. The smallest absolute Gasteiger partial charge is 0.317 e. The number of hydrogen-bond donors (Lipinski definition) is 1. The second kappa shape index (κ2) is 7.69. The van der Waals surface area contributed by atoms with Crippen LogP contribution in [-0.2, 0) is 4.79 Å². The average Bonchev–Trinajstić information content (AvgIpc) is 2.08. The average molecular weight is 215 g/mol. The standard InChI is InChI=1S/C12H25NO2/c1-10(2)5-7-13(9-12(14)15)8-6-11(3)4/h10-11H,5-9H2,1-4H3,(H,14,15). The van der Waals surface area contributed by atoms with E-state index >= 15 is 0 Å². The quantitative estimate of drug-likeness (QED) is 0.676. The van der Waals surface area contributed by atoms with Gasteiger partial charge in [-0.3, -0.25) is 9.69 Å². The van der Waals surface area contributed by atoms with Gasteiger partial charge in [0, 0.05) is 0 Å². The molecule has 0 fully saturated rings. The van der Waals surface area contributed by atoms with Crippen molar-refractivity contribution in [1.82, 2.24) is 4.90 Å². The van der Waals surface area contributed by atoms with Gasteiger partial charge in [-0.2, -0.15) is 0 Å². The van der Waals surface area contributed by atoms with Gasteiger partial charge in [0.05, 0.1) is 6.54 Å². The third-order valence-corrected chi connectivity index (χ3v) is 2.40. The molecule has 0 aromatic rings. The summed E-state index contributed by atoms with van der Waals surface area (Å²) >= 11 is 0. The van der Waals surface area contributed by atoms with E-state index in [-0.39, 0.29) is 6.54 Å². The van der Waals surface area contributed by atoms with Crippen LogP contribution in [0.4, 0.5) is 0 Å². The SMILES string of the molecule is CC(C)CCN(CCC(C)C)CC(=O)O. The van der Waals surface area contributed by atoms with E-state index in [1.54, 1.807) is 0 Å². The fourth-order valence-electron chi connectivity index (χ4n) is 1.34. The molecule has 0 saturated carbocycles. The number of carbonyl (C=O) groups is 1. The Balaban J connectivity index is 3.89. The molecule has 0 aromatic heterocycles. The normalized spacial score (nSPS) is 11.7. The molecule has 0 atom stereocenters. The maximum absolute atomic E-state index is 10.7. The minimum atomic E-state index is -0.720. The molecule has 0 saturated heterocycles. The molecule has 0 spiro atoms. The fourth-order valence-corrected chi connectivity index (χ4v) is 1.34. The van der Waals surface area contributed by atoms with Gasteiger partial charge < -0.3 is 5.11 Å². The van der Waals surface area contributed by atoms with Crippen LogP contribution in [0.25, 0.3) is 0 Å². The highest BCUT2D eigenvalue weighted by Crippen LogP contribution is 2.06. The molecule has 3 nitrogen and oxygen atoms in total. The van der Waals surface area contributed by atoms with Crippen LogP contribution in [0.3, 0.4) is 0 Å². The molecule has 0 aliphatic carbocycles. The van der Waals surface area contributed by atoms with Gasteiger partial charge in [-0.15, -0.1) is 0 Å². The van der Waals surface area contributed by atoms with E-state index in [9.17, 15) is 4.79 Å². The minimum absolute atomic E-state index is 0.180. The third kappa shape index (κ3) is 9.73. The zero-order chi connectivity index (χ0) is 11.8. The summed E-state index contributed by atoms with van der Waals surface area (Å²) in [6, 6.07) is 0. The lowest BCUT2D eigenvalue weighted by Crippen LogP contribution is -2.32. The summed E-state index contributed by atoms with van der Waals surface area (Å²) in [6.45, 7) is 10.7. The van der Waals surface area contributed by atoms with Crippen LogP contribution in [0.2, 0.25) is 0 Å². The van der Waals surface area contributed by atoms with Crippen molar-refractivity contribution in [2.24, 2.45) is 11.8 Å². The maximum Gasteiger partial charge on any atom is 0.317 e. The maximum atomic E-state index is 10.7. The first-order valence-electron chi connectivity index (χ1n) is 5.86. The largest absolute Gasteiger partial charge is 0.480 e. The van der Waals surface area contributed by atoms with Gasteiger partial charge in [-0.1, -0.05) is 27.7 Å². The van der Waals surface area contributed by atoms with Crippen molar-refractivity contribution < 1.29 is 9.90 Å². The molecule has 0 aromatic carbocycles. The Labute approximate surface area is 93.5 Å². The Kier molecular flexibility index (Phi) is 7.39. The predicted molar refractivity (Wildman–Crippen MR) is 63.0 cm³/mol. The lowest BCUT2D eigenvalue weighted by atomic mass is 10.1. The number of carboxylic acids is 1. The van der Waals surface area contributed by atoms with E-state index in [1.165, 1.54) is 0 Å². The van der Waals surface area contributed by atoms with Crippen molar-refractivity contribution in [3.63, 3.8) is 0 Å². The molecular formula is C12H25NO2. The molecule has 0 bridgehead atoms. The first kappa shape index (κ1) is 14.4. The lowest BCUT2D eigenvalue weighted by Gasteiger charge is -2.22. The van der Waals surface area contributed by atoms with Crippen LogP contribution in [-0.4, -0.2) is 35.6 Å².